The van der Waals surface area contributed by atoms with Crippen molar-refractivity contribution in [1.82, 2.24) is 19.7 Å². The van der Waals surface area contributed by atoms with E-state index in [0.29, 0.717) is 29.9 Å². The minimum atomic E-state index is 0.362. The molecule has 2 aromatic rings. The first kappa shape index (κ1) is 17.0. The molecular formula is C22H29N5O. The smallest absolute Gasteiger partial charge is 0.126 e. The van der Waals surface area contributed by atoms with Gasteiger partial charge in [0.05, 0.1) is 12.3 Å². The zero-order valence-corrected chi connectivity index (χ0v) is 16.7. The van der Waals surface area contributed by atoms with E-state index < -0.39 is 0 Å². The highest BCUT2D eigenvalue weighted by Gasteiger charge is 2.59. The van der Waals surface area contributed by atoms with E-state index in [1.54, 1.807) is 0 Å². The van der Waals surface area contributed by atoms with Gasteiger partial charge in [-0.3, -0.25) is 9.58 Å². The van der Waals surface area contributed by atoms with Crippen LogP contribution in [0.4, 0.5) is 5.82 Å². The summed E-state index contributed by atoms with van der Waals surface area (Å²) in [6, 6.07) is 4.90. The first-order chi connectivity index (χ1) is 13.6. The fourth-order valence-corrected chi connectivity index (χ4v) is 5.31. The molecule has 4 heterocycles. The summed E-state index contributed by atoms with van der Waals surface area (Å²) >= 11 is 0. The molecule has 1 unspecified atom stereocenters. The Kier molecular flexibility index (Phi) is 3.66. The summed E-state index contributed by atoms with van der Waals surface area (Å²) in [5.41, 5.74) is 10.9. The summed E-state index contributed by atoms with van der Waals surface area (Å²) in [5, 5.41) is 5.00. The highest BCUT2D eigenvalue weighted by atomic mass is 16.5. The van der Waals surface area contributed by atoms with Crippen molar-refractivity contribution in [1.29, 1.82) is 0 Å². The number of piperidine rings is 1. The van der Waals surface area contributed by atoms with Crippen molar-refractivity contribution in [3.63, 3.8) is 0 Å². The van der Waals surface area contributed by atoms with Crippen LogP contribution >= 0.6 is 0 Å². The molecular weight excluding hydrogens is 350 g/mol. The highest BCUT2D eigenvalue weighted by molar-refractivity contribution is 5.63. The summed E-state index contributed by atoms with van der Waals surface area (Å²) < 4.78 is 7.93. The number of fused-ring (bicyclic) bond motifs is 1. The molecule has 2 saturated carbocycles. The lowest BCUT2D eigenvalue weighted by Gasteiger charge is -2.36. The molecule has 148 valence electrons. The summed E-state index contributed by atoms with van der Waals surface area (Å²) in [5.74, 6) is 3.45. The van der Waals surface area contributed by atoms with Crippen LogP contribution in [0.25, 0.3) is 11.3 Å². The molecule has 0 bridgehead atoms. The minimum absolute atomic E-state index is 0.362. The number of anilines is 1. The second-order valence-corrected chi connectivity index (χ2v) is 9.39. The summed E-state index contributed by atoms with van der Waals surface area (Å²) in [4.78, 5) is 7.01. The van der Waals surface area contributed by atoms with Crippen molar-refractivity contribution < 1.29 is 4.74 Å². The number of rotatable bonds is 5. The summed E-state index contributed by atoms with van der Waals surface area (Å²) in [6.07, 6.45) is 5.94. The summed E-state index contributed by atoms with van der Waals surface area (Å²) in [7, 11) is 0. The van der Waals surface area contributed by atoms with Crippen molar-refractivity contribution in [2.45, 2.75) is 57.2 Å². The van der Waals surface area contributed by atoms with E-state index in [2.05, 4.69) is 40.5 Å². The van der Waals surface area contributed by atoms with Gasteiger partial charge >= 0.3 is 0 Å². The molecule has 0 amide bonds. The number of nitrogen functional groups attached to an aromatic ring is 1. The van der Waals surface area contributed by atoms with Crippen LogP contribution in [-0.4, -0.2) is 45.6 Å². The predicted octanol–water partition coefficient (Wildman–Crippen LogP) is 3.38. The SMILES string of the molecule is CC(C)n1nc(-c2cnc(N)c(C3CC3)c2)cc1[C@H]1[C@@H]2CN(C3CCO3)C[C@@H]21. The van der Waals surface area contributed by atoms with Gasteiger partial charge in [0.25, 0.3) is 0 Å². The van der Waals surface area contributed by atoms with Gasteiger partial charge < -0.3 is 10.5 Å². The molecule has 6 heteroatoms. The molecule has 2 aliphatic heterocycles. The van der Waals surface area contributed by atoms with Crippen LogP contribution in [0.3, 0.4) is 0 Å². The zero-order chi connectivity index (χ0) is 19.0. The van der Waals surface area contributed by atoms with E-state index in [4.69, 9.17) is 15.6 Å². The lowest BCUT2D eigenvalue weighted by molar-refractivity contribution is -0.140. The van der Waals surface area contributed by atoms with Crippen LogP contribution in [0.15, 0.2) is 18.3 Å². The third kappa shape index (κ3) is 2.61. The quantitative estimate of drug-likeness (QED) is 0.862. The predicted molar refractivity (Wildman–Crippen MR) is 108 cm³/mol. The highest BCUT2D eigenvalue weighted by Crippen LogP contribution is 2.59. The molecule has 6 nitrogen and oxygen atoms in total. The van der Waals surface area contributed by atoms with E-state index in [1.807, 2.05) is 6.20 Å². The molecule has 4 atom stereocenters. The molecule has 4 fully saturated rings. The monoisotopic (exact) mass is 379 g/mol. The van der Waals surface area contributed by atoms with Crippen molar-refractivity contribution in [2.24, 2.45) is 11.8 Å². The minimum Gasteiger partial charge on any atom is -0.383 e. The Morgan fingerprint density at radius 2 is 1.89 bits per heavy atom. The van der Waals surface area contributed by atoms with E-state index in [0.717, 1.165) is 29.7 Å². The molecule has 0 radical (unpaired) electrons. The molecule has 28 heavy (non-hydrogen) atoms. The maximum Gasteiger partial charge on any atom is 0.126 e. The number of nitrogens with two attached hydrogens (primary N) is 1. The maximum atomic E-state index is 6.11. The molecule has 6 rings (SSSR count). The van der Waals surface area contributed by atoms with Crippen LogP contribution in [0, 0.1) is 11.8 Å². The molecule has 4 aliphatic rings. The Hall–Kier alpha value is -1.92. The number of pyridine rings is 1. The van der Waals surface area contributed by atoms with Crippen LogP contribution in [-0.2, 0) is 4.74 Å². The number of hydrogen-bond acceptors (Lipinski definition) is 5. The Labute approximate surface area is 166 Å². The Morgan fingerprint density at radius 1 is 1.14 bits per heavy atom. The zero-order valence-electron chi connectivity index (χ0n) is 16.7. The third-order valence-corrected chi connectivity index (χ3v) is 7.16. The molecule has 0 spiro atoms. The first-order valence-corrected chi connectivity index (χ1v) is 10.8. The second kappa shape index (κ2) is 6.04. The van der Waals surface area contributed by atoms with Gasteiger partial charge in [-0.15, -0.1) is 0 Å². The van der Waals surface area contributed by atoms with E-state index in [1.165, 1.54) is 43.6 Å². The number of likely N-dealkylation sites (tertiary alicyclic amines) is 1. The largest absolute Gasteiger partial charge is 0.383 e. The molecule has 2 aliphatic carbocycles. The normalized spacial score (nSPS) is 31.8. The van der Waals surface area contributed by atoms with E-state index in [-0.39, 0.29) is 0 Å². The fraction of sp³-hybridized carbons (Fsp3) is 0.636. The maximum absolute atomic E-state index is 6.11. The molecule has 2 saturated heterocycles. The number of hydrogen-bond donors (Lipinski definition) is 1. The first-order valence-electron chi connectivity index (χ1n) is 10.8. The van der Waals surface area contributed by atoms with Gasteiger partial charge in [-0.1, -0.05) is 0 Å². The van der Waals surface area contributed by atoms with Gasteiger partial charge in [0.15, 0.2) is 0 Å². The van der Waals surface area contributed by atoms with Crippen molar-refractivity contribution in [2.75, 3.05) is 25.4 Å². The lowest BCUT2D eigenvalue weighted by atomic mass is 10.1. The van der Waals surface area contributed by atoms with Crippen molar-refractivity contribution >= 4 is 5.82 Å². The molecule has 2 N–H and O–H groups in total. The van der Waals surface area contributed by atoms with E-state index in [9.17, 15) is 0 Å². The second-order valence-electron chi connectivity index (χ2n) is 9.39. The number of aromatic nitrogens is 3. The van der Waals surface area contributed by atoms with Crippen molar-refractivity contribution in [3.05, 3.63) is 29.6 Å². The standard InChI is InChI=1S/C22H29N5O/c1-12(2)27-19(21-16-10-26(11-17(16)21)20-5-6-28-20)8-18(25-27)14-7-15(13-3-4-13)22(23)24-9-14/h7-9,12-13,16-17,20-21H,3-6,10-11H2,1-2H3,(H2,23,24)/t16-,17+,20?,21+. The average molecular weight is 380 g/mol. The van der Waals surface area contributed by atoms with Gasteiger partial charge in [-0.25, -0.2) is 4.98 Å². The Bertz CT molecular complexity index is 902. The van der Waals surface area contributed by atoms with Gasteiger partial charge in [0, 0.05) is 48.9 Å². The summed E-state index contributed by atoms with van der Waals surface area (Å²) in [6.45, 7) is 7.73. The van der Waals surface area contributed by atoms with Crippen LogP contribution < -0.4 is 5.73 Å². The molecule has 0 aromatic carbocycles. The fourth-order valence-electron chi connectivity index (χ4n) is 5.31. The lowest BCUT2D eigenvalue weighted by Crippen LogP contribution is -2.44. The Balaban J connectivity index is 1.28. The number of ether oxygens (including phenoxy) is 1. The number of nitrogens with zero attached hydrogens (tertiary/aromatic N) is 4. The Morgan fingerprint density at radius 3 is 2.50 bits per heavy atom. The van der Waals surface area contributed by atoms with Gasteiger partial charge in [0.1, 0.15) is 12.0 Å². The van der Waals surface area contributed by atoms with Crippen molar-refractivity contribution in [3.8, 4) is 11.3 Å². The van der Waals surface area contributed by atoms with Gasteiger partial charge in [0.2, 0.25) is 0 Å². The topological polar surface area (TPSA) is 69.2 Å². The van der Waals surface area contributed by atoms with Gasteiger partial charge in [-0.05, 0) is 62.1 Å². The van der Waals surface area contributed by atoms with E-state index >= 15 is 0 Å². The molecule has 2 aromatic heterocycles. The average Bonchev–Trinajstić information content (AvgIpc) is 3.49. The van der Waals surface area contributed by atoms with Crippen LogP contribution in [0.5, 0.6) is 0 Å². The van der Waals surface area contributed by atoms with Gasteiger partial charge in [-0.2, -0.15) is 5.10 Å². The third-order valence-electron chi connectivity index (χ3n) is 7.16. The van der Waals surface area contributed by atoms with Crippen LogP contribution in [0.1, 0.15) is 62.2 Å². The van der Waals surface area contributed by atoms with Crippen LogP contribution in [0.2, 0.25) is 0 Å².